The van der Waals surface area contributed by atoms with E-state index in [0.717, 1.165) is 21.5 Å². The van der Waals surface area contributed by atoms with Crippen LogP contribution in [0.4, 0.5) is 5.69 Å². The Balaban J connectivity index is 1.76. The lowest BCUT2D eigenvalue weighted by Crippen LogP contribution is -2.19. The number of anilines is 1. The van der Waals surface area contributed by atoms with E-state index in [0.29, 0.717) is 5.75 Å². The van der Waals surface area contributed by atoms with Crippen LogP contribution < -0.4 is 10.3 Å². The lowest BCUT2D eigenvalue weighted by Gasteiger charge is -2.14. The van der Waals surface area contributed by atoms with Gasteiger partial charge in [-0.2, -0.15) is 5.10 Å². The molecule has 0 saturated carbocycles. The minimum atomic E-state index is -0.0997. The van der Waals surface area contributed by atoms with Gasteiger partial charge in [-0.15, -0.1) is 11.8 Å². The molecule has 0 aliphatic heterocycles. The third-order valence-electron chi connectivity index (χ3n) is 3.48. The summed E-state index contributed by atoms with van der Waals surface area (Å²) in [5, 5.41) is 4.02. The maximum Gasteiger partial charge on any atom is 0.250 e. The van der Waals surface area contributed by atoms with Crippen LogP contribution in [-0.4, -0.2) is 32.0 Å². The number of rotatable bonds is 7. The van der Waals surface area contributed by atoms with Crippen molar-refractivity contribution < 1.29 is 4.79 Å². The number of halogens is 1. The van der Waals surface area contributed by atoms with E-state index in [9.17, 15) is 4.79 Å². The smallest absolute Gasteiger partial charge is 0.250 e. The lowest BCUT2D eigenvalue weighted by atomic mass is 10.2. The summed E-state index contributed by atoms with van der Waals surface area (Å²) in [7, 11) is 3.98. The molecule has 0 radical (unpaired) electrons. The Morgan fingerprint density at radius 3 is 2.60 bits per heavy atom. The van der Waals surface area contributed by atoms with Gasteiger partial charge in [-0.05, 0) is 46.1 Å². The normalized spacial score (nSPS) is 10.9. The molecule has 0 fully saturated rings. The van der Waals surface area contributed by atoms with Crippen LogP contribution in [0.1, 0.15) is 16.7 Å². The maximum absolute atomic E-state index is 11.8. The highest BCUT2D eigenvalue weighted by Crippen LogP contribution is 2.25. The number of thioether (sulfide) groups is 1. The number of nitrogens with one attached hydrogen (secondary N) is 1. The minimum absolute atomic E-state index is 0.0997. The maximum atomic E-state index is 11.8. The second-order valence-corrected chi connectivity index (χ2v) is 7.72. The third kappa shape index (κ3) is 6.55. The standard InChI is InChI=1S/C19H22BrN3OS/c1-14-4-6-15(7-5-14)12-25-13-19(24)22-21-11-16-8-9-18(23(2)3)17(20)10-16/h4-11H,12-13H2,1-3H3,(H,22,24)/b21-11-. The first-order valence-corrected chi connectivity index (χ1v) is 9.82. The van der Waals surface area contributed by atoms with Crippen molar-refractivity contribution >= 4 is 45.5 Å². The van der Waals surface area contributed by atoms with Crippen molar-refractivity contribution in [3.8, 4) is 0 Å². The van der Waals surface area contributed by atoms with Crippen LogP contribution in [0.5, 0.6) is 0 Å². The monoisotopic (exact) mass is 419 g/mol. The zero-order chi connectivity index (χ0) is 18.2. The minimum Gasteiger partial charge on any atom is -0.377 e. The van der Waals surface area contributed by atoms with Crippen molar-refractivity contribution in [2.24, 2.45) is 5.10 Å². The van der Waals surface area contributed by atoms with Crippen LogP contribution in [0.15, 0.2) is 52.0 Å². The quantitative estimate of drug-likeness (QED) is 0.539. The number of hydrogen-bond donors (Lipinski definition) is 1. The number of carbonyl (C=O) groups is 1. The average molecular weight is 420 g/mol. The highest BCUT2D eigenvalue weighted by atomic mass is 79.9. The molecule has 0 aromatic heterocycles. The lowest BCUT2D eigenvalue weighted by molar-refractivity contribution is -0.118. The summed E-state index contributed by atoms with van der Waals surface area (Å²) in [5.41, 5.74) is 7.04. The number of nitrogens with zero attached hydrogens (tertiary/aromatic N) is 2. The van der Waals surface area contributed by atoms with E-state index in [1.807, 2.05) is 37.2 Å². The molecule has 25 heavy (non-hydrogen) atoms. The van der Waals surface area contributed by atoms with Crippen LogP contribution >= 0.6 is 27.7 Å². The van der Waals surface area contributed by atoms with Crippen LogP contribution in [-0.2, 0) is 10.5 Å². The van der Waals surface area contributed by atoms with Crippen molar-refractivity contribution in [3.05, 3.63) is 63.6 Å². The van der Waals surface area contributed by atoms with Gasteiger partial charge in [0.05, 0.1) is 17.7 Å². The predicted molar refractivity (Wildman–Crippen MR) is 112 cm³/mol. The molecule has 1 N–H and O–H groups in total. The summed E-state index contributed by atoms with van der Waals surface area (Å²) in [6, 6.07) is 14.3. The van der Waals surface area contributed by atoms with E-state index in [1.54, 1.807) is 18.0 Å². The number of hydrogen-bond acceptors (Lipinski definition) is 4. The Labute approximate surface area is 161 Å². The molecule has 6 heteroatoms. The molecule has 0 aliphatic carbocycles. The molecule has 0 bridgehead atoms. The first kappa shape index (κ1) is 19.5. The summed E-state index contributed by atoms with van der Waals surface area (Å²) in [5.74, 6) is 1.10. The van der Waals surface area contributed by atoms with Crippen LogP contribution in [0.3, 0.4) is 0 Å². The van der Waals surface area contributed by atoms with Crippen molar-refractivity contribution in [1.29, 1.82) is 0 Å². The van der Waals surface area contributed by atoms with Gasteiger partial charge in [-0.3, -0.25) is 4.79 Å². The Kier molecular flexibility index (Phi) is 7.52. The molecule has 2 aromatic rings. The van der Waals surface area contributed by atoms with Crippen molar-refractivity contribution in [2.75, 3.05) is 24.7 Å². The second kappa shape index (κ2) is 9.63. The summed E-state index contributed by atoms with van der Waals surface area (Å²) >= 11 is 5.11. The molecule has 0 heterocycles. The van der Waals surface area contributed by atoms with Gasteiger partial charge in [-0.1, -0.05) is 35.9 Å². The zero-order valence-electron chi connectivity index (χ0n) is 14.6. The summed E-state index contributed by atoms with van der Waals surface area (Å²) in [6.45, 7) is 2.06. The molecule has 2 rings (SSSR count). The van der Waals surface area contributed by atoms with E-state index >= 15 is 0 Å². The predicted octanol–water partition coefficient (Wildman–Crippen LogP) is 4.21. The van der Waals surface area contributed by atoms with Crippen molar-refractivity contribution in [1.82, 2.24) is 5.43 Å². The highest BCUT2D eigenvalue weighted by molar-refractivity contribution is 9.10. The van der Waals surface area contributed by atoms with Gasteiger partial charge in [-0.25, -0.2) is 5.43 Å². The second-order valence-electron chi connectivity index (χ2n) is 5.88. The van der Waals surface area contributed by atoms with Crippen LogP contribution in [0.2, 0.25) is 0 Å². The Hall–Kier alpha value is -1.79. The van der Waals surface area contributed by atoms with Gasteiger partial charge in [0, 0.05) is 24.3 Å². The van der Waals surface area contributed by atoms with E-state index in [2.05, 4.69) is 57.6 Å². The molecule has 132 valence electrons. The average Bonchev–Trinajstić information content (AvgIpc) is 2.56. The Bertz CT molecular complexity index is 745. The Morgan fingerprint density at radius 1 is 1.24 bits per heavy atom. The number of carbonyl (C=O) groups excluding carboxylic acids is 1. The van der Waals surface area contributed by atoms with Gasteiger partial charge >= 0.3 is 0 Å². The zero-order valence-corrected chi connectivity index (χ0v) is 17.0. The molecule has 0 aliphatic rings. The molecule has 0 saturated heterocycles. The van der Waals surface area contributed by atoms with Gasteiger partial charge in [0.25, 0.3) is 0 Å². The molecular weight excluding hydrogens is 398 g/mol. The van der Waals surface area contributed by atoms with E-state index in [4.69, 9.17) is 0 Å². The van der Waals surface area contributed by atoms with Crippen molar-refractivity contribution in [3.63, 3.8) is 0 Å². The fourth-order valence-electron chi connectivity index (χ4n) is 2.12. The van der Waals surface area contributed by atoms with E-state index in [1.165, 1.54) is 11.1 Å². The summed E-state index contributed by atoms with van der Waals surface area (Å²) in [4.78, 5) is 13.9. The van der Waals surface area contributed by atoms with Gasteiger partial charge in [0.15, 0.2) is 0 Å². The van der Waals surface area contributed by atoms with Gasteiger partial charge in [0.1, 0.15) is 0 Å². The van der Waals surface area contributed by atoms with E-state index in [-0.39, 0.29) is 5.91 Å². The fraction of sp³-hybridized carbons (Fsp3) is 0.263. The summed E-state index contributed by atoms with van der Waals surface area (Å²) in [6.07, 6.45) is 1.65. The third-order valence-corrected chi connectivity index (χ3v) is 5.12. The first-order chi connectivity index (χ1) is 12.0. The molecule has 0 spiro atoms. The Morgan fingerprint density at radius 2 is 1.96 bits per heavy atom. The van der Waals surface area contributed by atoms with Crippen LogP contribution in [0, 0.1) is 6.92 Å². The van der Waals surface area contributed by atoms with E-state index < -0.39 is 0 Å². The molecule has 1 amide bonds. The number of aryl methyl sites for hydroxylation is 1. The highest BCUT2D eigenvalue weighted by Gasteiger charge is 2.03. The number of hydrazone groups is 1. The molecule has 2 aromatic carbocycles. The first-order valence-electron chi connectivity index (χ1n) is 7.88. The fourth-order valence-corrected chi connectivity index (χ4v) is 3.65. The number of amides is 1. The summed E-state index contributed by atoms with van der Waals surface area (Å²) < 4.78 is 0.987. The van der Waals surface area contributed by atoms with Crippen LogP contribution in [0.25, 0.3) is 0 Å². The molecule has 4 nitrogen and oxygen atoms in total. The number of benzene rings is 2. The van der Waals surface area contributed by atoms with Gasteiger partial charge < -0.3 is 4.90 Å². The molecular formula is C19H22BrN3OS. The SMILES string of the molecule is Cc1ccc(CSCC(=O)N/N=C\c2ccc(N(C)C)c(Br)c2)cc1. The van der Waals surface area contributed by atoms with Gasteiger partial charge in [0.2, 0.25) is 5.91 Å². The van der Waals surface area contributed by atoms with Crippen molar-refractivity contribution in [2.45, 2.75) is 12.7 Å². The molecule has 0 unspecified atom stereocenters. The topological polar surface area (TPSA) is 44.7 Å². The molecule has 0 atom stereocenters. The largest absolute Gasteiger partial charge is 0.377 e.